The molecule has 0 aromatic heterocycles. The lowest BCUT2D eigenvalue weighted by atomic mass is 9.84. The van der Waals surface area contributed by atoms with Gasteiger partial charge in [0.1, 0.15) is 0 Å². The second-order valence-corrected chi connectivity index (χ2v) is 6.62. The lowest BCUT2D eigenvalue weighted by Gasteiger charge is -2.29. The molecule has 2 heteroatoms. The Balaban J connectivity index is 1.46. The standard InChI is InChI=1S/C15H25NO/c1-10(11-5-3-2-4-6-11)16-15(17)14-8-12-7-13(12)9-14/h10-14H,2-9H2,1H3,(H,16,17)/t10-,12?,13?,14?/m0/s1. The zero-order valence-corrected chi connectivity index (χ0v) is 11.0. The highest BCUT2D eigenvalue weighted by atomic mass is 16.1. The summed E-state index contributed by atoms with van der Waals surface area (Å²) in [5.41, 5.74) is 0. The van der Waals surface area contributed by atoms with Crippen molar-refractivity contribution >= 4 is 5.91 Å². The summed E-state index contributed by atoms with van der Waals surface area (Å²) in [5, 5.41) is 3.29. The number of amides is 1. The molecule has 3 saturated carbocycles. The number of carbonyl (C=O) groups is 1. The third-order valence-corrected chi connectivity index (χ3v) is 5.34. The predicted octanol–water partition coefficient (Wildman–Crippen LogP) is 3.12. The molecule has 0 spiro atoms. The highest BCUT2D eigenvalue weighted by Gasteiger charge is 2.48. The zero-order valence-electron chi connectivity index (χ0n) is 11.0. The summed E-state index contributed by atoms with van der Waals surface area (Å²) < 4.78 is 0. The first-order chi connectivity index (χ1) is 8.24. The summed E-state index contributed by atoms with van der Waals surface area (Å²) in [4.78, 5) is 12.2. The van der Waals surface area contributed by atoms with Crippen molar-refractivity contribution in [3.63, 3.8) is 0 Å². The summed E-state index contributed by atoms with van der Waals surface area (Å²) in [7, 11) is 0. The molecule has 0 radical (unpaired) electrons. The summed E-state index contributed by atoms with van der Waals surface area (Å²) in [5.74, 6) is 3.27. The van der Waals surface area contributed by atoms with E-state index in [0.717, 1.165) is 17.8 Å². The molecule has 3 atom stereocenters. The number of nitrogens with one attached hydrogen (secondary N) is 1. The molecule has 3 aliphatic carbocycles. The van der Waals surface area contributed by atoms with Crippen molar-refractivity contribution in [1.29, 1.82) is 0 Å². The lowest BCUT2D eigenvalue weighted by Crippen LogP contribution is -2.41. The van der Waals surface area contributed by atoms with Gasteiger partial charge in [-0.05, 0) is 56.8 Å². The van der Waals surface area contributed by atoms with Crippen LogP contribution < -0.4 is 5.32 Å². The fourth-order valence-electron chi connectivity index (χ4n) is 4.02. The average Bonchev–Trinajstić information content (AvgIpc) is 2.97. The van der Waals surface area contributed by atoms with E-state index in [1.807, 2.05) is 0 Å². The summed E-state index contributed by atoms with van der Waals surface area (Å²) in [6.07, 6.45) is 10.5. The Labute approximate surface area is 105 Å². The van der Waals surface area contributed by atoms with Crippen LogP contribution in [0.3, 0.4) is 0 Å². The average molecular weight is 235 g/mol. The minimum atomic E-state index is 0.352. The van der Waals surface area contributed by atoms with E-state index in [9.17, 15) is 4.79 Å². The van der Waals surface area contributed by atoms with Crippen LogP contribution in [-0.4, -0.2) is 11.9 Å². The minimum Gasteiger partial charge on any atom is -0.353 e. The summed E-state index contributed by atoms with van der Waals surface area (Å²) in [6, 6.07) is 0.403. The van der Waals surface area contributed by atoms with E-state index in [-0.39, 0.29) is 0 Å². The van der Waals surface area contributed by atoms with Crippen molar-refractivity contribution in [2.75, 3.05) is 0 Å². The van der Waals surface area contributed by atoms with E-state index < -0.39 is 0 Å². The van der Waals surface area contributed by atoms with Crippen LogP contribution in [-0.2, 0) is 4.79 Å². The maximum Gasteiger partial charge on any atom is 0.223 e. The molecular formula is C15H25NO. The van der Waals surface area contributed by atoms with Crippen LogP contribution in [0.25, 0.3) is 0 Å². The Kier molecular flexibility index (Phi) is 3.14. The molecule has 0 bridgehead atoms. The molecule has 0 saturated heterocycles. The van der Waals surface area contributed by atoms with Crippen LogP contribution in [0.15, 0.2) is 0 Å². The molecule has 3 rings (SSSR count). The van der Waals surface area contributed by atoms with Crippen LogP contribution in [0.4, 0.5) is 0 Å². The first-order valence-electron chi connectivity index (χ1n) is 7.54. The van der Waals surface area contributed by atoms with Gasteiger partial charge in [-0.15, -0.1) is 0 Å². The van der Waals surface area contributed by atoms with E-state index >= 15 is 0 Å². The van der Waals surface area contributed by atoms with Gasteiger partial charge in [0.15, 0.2) is 0 Å². The van der Waals surface area contributed by atoms with Crippen molar-refractivity contribution in [2.24, 2.45) is 23.7 Å². The van der Waals surface area contributed by atoms with Gasteiger partial charge in [0, 0.05) is 12.0 Å². The van der Waals surface area contributed by atoms with Crippen molar-refractivity contribution in [2.45, 2.75) is 64.3 Å². The molecular weight excluding hydrogens is 210 g/mol. The lowest BCUT2D eigenvalue weighted by molar-refractivity contribution is -0.126. The van der Waals surface area contributed by atoms with Crippen LogP contribution >= 0.6 is 0 Å². The molecule has 0 aliphatic heterocycles. The normalized spacial score (nSPS) is 38.5. The van der Waals surface area contributed by atoms with E-state index in [1.165, 1.54) is 51.4 Å². The van der Waals surface area contributed by atoms with E-state index in [1.54, 1.807) is 0 Å². The second kappa shape index (κ2) is 4.62. The number of rotatable bonds is 3. The van der Waals surface area contributed by atoms with Crippen LogP contribution in [0, 0.1) is 23.7 Å². The van der Waals surface area contributed by atoms with Gasteiger partial charge in [-0.25, -0.2) is 0 Å². The fraction of sp³-hybridized carbons (Fsp3) is 0.933. The molecule has 3 aliphatic rings. The molecule has 0 aromatic rings. The largest absolute Gasteiger partial charge is 0.353 e. The van der Waals surface area contributed by atoms with E-state index in [2.05, 4.69) is 12.2 Å². The molecule has 1 amide bonds. The molecule has 0 aromatic carbocycles. The van der Waals surface area contributed by atoms with Gasteiger partial charge < -0.3 is 5.32 Å². The first-order valence-corrected chi connectivity index (χ1v) is 7.54. The monoisotopic (exact) mass is 235 g/mol. The summed E-state index contributed by atoms with van der Waals surface area (Å²) in [6.45, 7) is 2.21. The number of fused-ring (bicyclic) bond motifs is 1. The molecule has 2 nitrogen and oxygen atoms in total. The number of carbonyl (C=O) groups excluding carboxylic acids is 1. The van der Waals surface area contributed by atoms with Gasteiger partial charge in [0.2, 0.25) is 5.91 Å². The van der Waals surface area contributed by atoms with Crippen LogP contribution in [0.1, 0.15) is 58.3 Å². The van der Waals surface area contributed by atoms with Gasteiger partial charge in [0.05, 0.1) is 0 Å². The third kappa shape index (κ3) is 2.51. The van der Waals surface area contributed by atoms with Crippen molar-refractivity contribution < 1.29 is 4.79 Å². The number of hydrogen-bond donors (Lipinski definition) is 1. The Morgan fingerprint density at radius 3 is 2.35 bits per heavy atom. The minimum absolute atomic E-state index is 0.352. The topological polar surface area (TPSA) is 29.1 Å². The van der Waals surface area contributed by atoms with E-state index in [0.29, 0.717) is 17.9 Å². The smallest absolute Gasteiger partial charge is 0.223 e. The third-order valence-electron chi connectivity index (χ3n) is 5.34. The quantitative estimate of drug-likeness (QED) is 0.800. The predicted molar refractivity (Wildman–Crippen MR) is 68.5 cm³/mol. The Morgan fingerprint density at radius 2 is 1.71 bits per heavy atom. The van der Waals surface area contributed by atoms with Crippen molar-refractivity contribution in [3.05, 3.63) is 0 Å². The zero-order chi connectivity index (χ0) is 11.8. The highest BCUT2D eigenvalue weighted by Crippen LogP contribution is 2.54. The van der Waals surface area contributed by atoms with Gasteiger partial charge in [0.25, 0.3) is 0 Å². The Hall–Kier alpha value is -0.530. The Bertz CT molecular complexity index is 285. The van der Waals surface area contributed by atoms with Crippen LogP contribution in [0.5, 0.6) is 0 Å². The number of hydrogen-bond acceptors (Lipinski definition) is 1. The summed E-state index contributed by atoms with van der Waals surface area (Å²) >= 11 is 0. The van der Waals surface area contributed by atoms with Gasteiger partial charge in [-0.2, -0.15) is 0 Å². The Morgan fingerprint density at radius 1 is 1.06 bits per heavy atom. The van der Waals surface area contributed by atoms with Gasteiger partial charge in [-0.3, -0.25) is 4.79 Å². The molecule has 1 N–H and O–H groups in total. The molecule has 17 heavy (non-hydrogen) atoms. The van der Waals surface area contributed by atoms with Gasteiger partial charge in [-0.1, -0.05) is 19.3 Å². The SMILES string of the molecule is C[C@H](NC(=O)C1CC2CC2C1)C1CCCCC1. The highest BCUT2D eigenvalue weighted by molar-refractivity contribution is 5.79. The fourth-order valence-corrected chi connectivity index (χ4v) is 4.02. The second-order valence-electron chi connectivity index (χ2n) is 6.62. The first kappa shape index (κ1) is 11.6. The molecule has 2 unspecified atom stereocenters. The van der Waals surface area contributed by atoms with Crippen molar-refractivity contribution in [1.82, 2.24) is 5.32 Å². The molecule has 3 fully saturated rings. The maximum absolute atomic E-state index is 12.2. The van der Waals surface area contributed by atoms with Crippen LogP contribution in [0.2, 0.25) is 0 Å². The van der Waals surface area contributed by atoms with Crippen molar-refractivity contribution in [3.8, 4) is 0 Å². The maximum atomic E-state index is 12.2. The molecule has 0 heterocycles. The molecule has 96 valence electrons. The van der Waals surface area contributed by atoms with Gasteiger partial charge >= 0.3 is 0 Å². The van der Waals surface area contributed by atoms with E-state index in [4.69, 9.17) is 0 Å².